The number of rotatable bonds is 5. The van der Waals surface area contributed by atoms with Gasteiger partial charge in [-0.2, -0.15) is 18.3 Å². The third kappa shape index (κ3) is 5.05. The monoisotopic (exact) mass is 543 g/mol. The van der Waals surface area contributed by atoms with Gasteiger partial charge in [-0.3, -0.25) is 9.59 Å². The largest absolute Gasteiger partial charge is 0.486 e. The number of amides is 2. The van der Waals surface area contributed by atoms with Gasteiger partial charge < -0.3 is 20.1 Å². The normalized spacial score (nSPS) is 13.0. The standard InChI is InChI=1S/C22H18Cl2F3N5O4/c1-10(2)29-20(33)11-8-14-18(36-7-6-35-14)16(24)17(11)30-21(34)13-9-15(22(25,26)27)31-32(13)19-12(23)4-3-5-28-19/h3-5,8-10H,6-7H2,1-2H3,(H,29,33)(H,30,34). The number of nitrogens with zero attached hydrogens (tertiary/aromatic N) is 3. The molecule has 1 aliphatic heterocycles. The lowest BCUT2D eigenvalue weighted by molar-refractivity contribution is -0.141. The number of nitrogens with one attached hydrogen (secondary N) is 2. The molecule has 36 heavy (non-hydrogen) atoms. The van der Waals surface area contributed by atoms with Gasteiger partial charge in [0.2, 0.25) is 0 Å². The van der Waals surface area contributed by atoms with Gasteiger partial charge in [0.15, 0.2) is 23.0 Å². The van der Waals surface area contributed by atoms with Gasteiger partial charge in [0.05, 0.1) is 16.3 Å². The molecule has 1 aliphatic rings. The van der Waals surface area contributed by atoms with Gasteiger partial charge in [-0.25, -0.2) is 9.67 Å². The molecule has 3 heterocycles. The van der Waals surface area contributed by atoms with Gasteiger partial charge in [-0.15, -0.1) is 0 Å². The van der Waals surface area contributed by atoms with E-state index in [1.807, 2.05) is 0 Å². The molecule has 0 fully saturated rings. The summed E-state index contributed by atoms with van der Waals surface area (Å²) < 4.78 is 52.1. The number of fused-ring (bicyclic) bond motifs is 1. The molecule has 14 heteroatoms. The Balaban J connectivity index is 1.82. The quantitative estimate of drug-likeness (QED) is 0.480. The fourth-order valence-electron chi connectivity index (χ4n) is 3.34. The average molecular weight is 544 g/mol. The first-order valence-electron chi connectivity index (χ1n) is 10.5. The van der Waals surface area contributed by atoms with Crippen LogP contribution in [-0.4, -0.2) is 45.8 Å². The molecule has 0 atom stereocenters. The van der Waals surface area contributed by atoms with Crippen LogP contribution in [0.1, 0.15) is 40.4 Å². The highest BCUT2D eigenvalue weighted by atomic mass is 35.5. The average Bonchev–Trinajstić information content (AvgIpc) is 3.26. The van der Waals surface area contributed by atoms with Crippen molar-refractivity contribution in [1.82, 2.24) is 20.1 Å². The molecule has 4 rings (SSSR count). The van der Waals surface area contributed by atoms with Crippen molar-refractivity contribution in [3.63, 3.8) is 0 Å². The fourth-order valence-corrected chi connectivity index (χ4v) is 3.84. The molecular weight excluding hydrogens is 526 g/mol. The smallest absolute Gasteiger partial charge is 0.435 e. The second kappa shape index (κ2) is 9.86. The van der Waals surface area contributed by atoms with Crippen LogP contribution in [0.25, 0.3) is 5.82 Å². The lowest BCUT2D eigenvalue weighted by atomic mass is 10.1. The zero-order chi connectivity index (χ0) is 26.2. The maximum atomic E-state index is 13.5. The Morgan fingerprint density at radius 2 is 1.86 bits per heavy atom. The number of benzene rings is 1. The summed E-state index contributed by atoms with van der Waals surface area (Å²) in [7, 11) is 0. The van der Waals surface area contributed by atoms with E-state index in [1.165, 1.54) is 24.4 Å². The zero-order valence-electron chi connectivity index (χ0n) is 18.7. The van der Waals surface area contributed by atoms with E-state index in [-0.39, 0.29) is 57.9 Å². The van der Waals surface area contributed by atoms with Crippen molar-refractivity contribution in [2.45, 2.75) is 26.1 Å². The Bertz CT molecular complexity index is 1340. The molecule has 0 radical (unpaired) electrons. The van der Waals surface area contributed by atoms with Crippen LogP contribution in [0.3, 0.4) is 0 Å². The highest BCUT2D eigenvalue weighted by Crippen LogP contribution is 2.44. The molecule has 0 bridgehead atoms. The van der Waals surface area contributed by atoms with Crippen molar-refractivity contribution in [1.29, 1.82) is 0 Å². The van der Waals surface area contributed by atoms with Gasteiger partial charge in [0.25, 0.3) is 11.8 Å². The number of aromatic nitrogens is 3. The van der Waals surface area contributed by atoms with Gasteiger partial charge >= 0.3 is 6.18 Å². The van der Waals surface area contributed by atoms with E-state index in [9.17, 15) is 22.8 Å². The van der Waals surface area contributed by atoms with Crippen LogP contribution < -0.4 is 20.1 Å². The predicted molar refractivity (Wildman–Crippen MR) is 124 cm³/mol. The number of hydrogen-bond donors (Lipinski definition) is 2. The number of carbonyl (C=O) groups excluding carboxylic acids is 2. The first-order valence-corrected chi connectivity index (χ1v) is 11.3. The van der Waals surface area contributed by atoms with Crippen molar-refractivity contribution >= 4 is 40.7 Å². The van der Waals surface area contributed by atoms with E-state index in [0.29, 0.717) is 10.7 Å². The van der Waals surface area contributed by atoms with Crippen LogP contribution >= 0.6 is 23.2 Å². The van der Waals surface area contributed by atoms with Gasteiger partial charge in [-0.1, -0.05) is 23.2 Å². The molecule has 1 aromatic carbocycles. The maximum absolute atomic E-state index is 13.5. The number of carbonyl (C=O) groups is 2. The van der Waals surface area contributed by atoms with Crippen molar-refractivity contribution in [2.75, 3.05) is 18.5 Å². The summed E-state index contributed by atoms with van der Waals surface area (Å²) in [6.07, 6.45) is -3.58. The Morgan fingerprint density at radius 1 is 1.14 bits per heavy atom. The minimum absolute atomic E-state index is 0.0438. The molecule has 0 saturated carbocycles. The highest BCUT2D eigenvalue weighted by Gasteiger charge is 2.37. The molecule has 0 saturated heterocycles. The van der Waals surface area contributed by atoms with E-state index in [4.69, 9.17) is 32.7 Å². The molecule has 0 unspecified atom stereocenters. The molecule has 0 aliphatic carbocycles. The Hall–Kier alpha value is -3.51. The molecule has 0 spiro atoms. The summed E-state index contributed by atoms with van der Waals surface area (Å²) in [5.74, 6) is -1.60. The van der Waals surface area contributed by atoms with Crippen LogP contribution in [-0.2, 0) is 6.18 Å². The number of pyridine rings is 1. The second-order valence-electron chi connectivity index (χ2n) is 7.85. The summed E-state index contributed by atoms with van der Waals surface area (Å²) in [6.45, 7) is 3.83. The summed E-state index contributed by atoms with van der Waals surface area (Å²) in [5.41, 5.74) is -2.16. The molecule has 2 aromatic heterocycles. The number of ether oxygens (including phenoxy) is 2. The van der Waals surface area contributed by atoms with Crippen molar-refractivity contribution in [3.8, 4) is 17.3 Å². The van der Waals surface area contributed by atoms with E-state index in [2.05, 4.69) is 20.7 Å². The Labute approximate surface area is 212 Å². The first kappa shape index (κ1) is 25.6. The zero-order valence-corrected chi connectivity index (χ0v) is 20.3. The topological polar surface area (TPSA) is 107 Å². The van der Waals surface area contributed by atoms with Gasteiger partial charge in [0.1, 0.15) is 23.9 Å². The number of anilines is 1. The molecule has 9 nitrogen and oxygen atoms in total. The van der Waals surface area contributed by atoms with E-state index in [0.717, 1.165) is 0 Å². The molecule has 2 N–H and O–H groups in total. The third-order valence-corrected chi connectivity index (χ3v) is 5.51. The third-order valence-electron chi connectivity index (χ3n) is 4.85. The van der Waals surface area contributed by atoms with Crippen LogP contribution in [0.15, 0.2) is 30.5 Å². The SMILES string of the molecule is CC(C)NC(=O)c1cc2c(c(Cl)c1NC(=O)c1cc(C(F)(F)F)nn1-c1ncccc1Cl)OCCO2. The van der Waals surface area contributed by atoms with Gasteiger partial charge in [-0.05, 0) is 32.0 Å². The Kier molecular flexibility index (Phi) is 7.01. The van der Waals surface area contributed by atoms with Crippen LogP contribution in [0, 0.1) is 0 Å². The molecule has 3 aromatic rings. The van der Waals surface area contributed by atoms with Gasteiger partial charge in [0, 0.05) is 18.3 Å². The van der Waals surface area contributed by atoms with E-state index >= 15 is 0 Å². The lowest BCUT2D eigenvalue weighted by Crippen LogP contribution is -2.31. The maximum Gasteiger partial charge on any atom is 0.435 e. The number of halogens is 5. The lowest BCUT2D eigenvalue weighted by Gasteiger charge is -2.23. The van der Waals surface area contributed by atoms with Crippen molar-refractivity contribution < 1.29 is 32.2 Å². The van der Waals surface area contributed by atoms with Crippen molar-refractivity contribution in [3.05, 3.63) is 57.5 Å². The predicted octanol–water partition coefficient (Wildman–Crippen LogP) is 4.75. The number of alkyl halides is 3. The number of hydrogen-bond acceptors (Lipinski definition) is 6. The summed E-state index contributed by atoms with van der Waals surface area (Å²) >= 11 is 12.6. The molecule has 190 valence electrons. The van der Waals surface area contributed by atoms with Crippen LogP contribution in [0.2, 0.25) is 10.0 Å². The summed E-state index contributed by atoms with van der Waals surface area (Å²) in [4.78, 5) is 30.1. The van der Waals surface area contributed by atoms with E-state index in [1.54, 1.807) is 13.8 Å². The second-order valence-corrected chi connectivity index (χ2v) is 8.64. The summed E-state index contributed by atoms with van der Waals surface area (Å²) in [6, 6.07) is 4.46. The minimum Gasteiger partial charge on any atom is -0.486 e. The van der Waals surface area contributed by atoms with Crippen LogP contribution in [0.4, 0.5) is 18.9 Å². The Morgan fingerprint density at radius 3 is 2.53 bits per heavy atom. The van der Waals surface area contributed by atoms with Crippen LogP contribution in [0.5, 0.6) is 11.5 Å². The fraction of sp³-hybridized carbons (Fsp3) is 0.273. The summed E-state index contributed by atoms with van der Waals surface area (Å²) in [5, 5.41) is 8.39. The molecular formula is C22H18Cl2F3N5O4. The van der Waals surface area contributed by atoms with Crippen molar-refractivity contribution in [2.24, 2.45) is 0 Å². The van der Waals surface area contributed by atoms with E-state index < -0.39 is 29.4 Å². The highest BCUT2D eigenvalue weighted by molar-refractivity contribution is 6.37. The minimum atomic E-state index is -4.86. The first-order chi connectivity index (χ1) is 17.0. The molecule has 2 amide bonds.